The molecule has 3 nitrogen and oxygen atoms in total. The van der Waals surface area contributed by atoms with Crippen LogP contribution in [-0.4, -0.2) is 17.1 Å². The van der Waals surface area contributed by atoms with Crippen molar-refractivity contribution in [3.8, 4) is 5.75 Å². The fraction of sp³-hybridized carbons (Fsp3) is 0.471. The molecule has 0 aliphatic carbocycles. The van der Waals surface area contributed by atoms with Gasteiger partial charge in [0.1, 0.15) is 17.4 Å². The first-order valence-corrected chi connectivity index (χ1v) is 8.18. The molecular formula is C17H22N2OS. The molecule has 1 aromatic heterocycles. The van der Waals surface area contributed by atoms with Crippen molar-refractivity contribution in [1.29, 1.82) is 0 Å². The first-order valence-electron chi connectivity index (χ1n) is 7.37. The van der Waals surface area contributed by atoms with Crippen LogP contribution in [-0.2, 0) is 6.54 Å². The summed E-state index contributed by atoms with van der Waals surface area (Å²) < 4.78 is 5.78. The van der Waals surface area contributed by atoms with Crippen LogP contribution in [0.1, 0.15) is 47.8 Å². The van der Waals surface area contributed by atoms with Crippen molar-refractivity contribution in [2.75, 3.05) is 6.61 Å². The molecule has 112 valence electrons. The summed E-state index contributed by atoms with van der Waals surface area (Å²) in [6.45, 7) is 10.2. The smallest absolute Gasteiger partial charge is 0.123 e. The minimum absolute atomic E-state index is 0.125. The number of para-hydroxylation sites is 1. The van der Waals surface area contributed by atoms with Crippen molar-refractivity contribution < 1.29 is 4.74 Å². The largest absolute Gasteiger partial charge is 0.492 e. The van der Waals surface area contributed by atoms with E-state index in [9.17, 15) is 0 Å². The van der Waals surface area contributed by atoms with Gasteiger partial charge in [0.05, 0.1) is 11.6 Å². The standard InChI is InChI=1S/C17H22N2OS/c1-11-15(9-18-17(2,3)4)21-16(19-11)13-10-20-14-8-6-5-7-12(13)14/h5-8,13,18H,9-10H2,1-4H3. The van der Waals surface area contributed by atoms with E-state index in [0.717, 1.165) is 18.0 Å². The average Bonchev–Trinajstić information content (AvgIpc) is 2.99. The summed E-state index contributed by atoms with van der Waals surface area (Å²) in [6, 6.07) is 8.28. The highest BCUT2D eigenvalue weighted by Crippen LogP contribution is 2.39. The van der Waals surface area contributed by atoms with E-state index in [1.165, 1.54) is 15.4 Å². The van der Waals surface area contributed by atoms with Gasteiger partial charge < -0.3 is 10.1 Å². The van der Waals surface area contributed by atoms with Gasteiger partial charge in [-0.1, -0.05) is 18.2 Å². The number of aryl methyl sites for hydroxylation is 1. The topological polar surface area (TPSA) is 34.1 Å². The maximum atomic E-state index is 5.78. The predicted molar refractivity (Wildman–Crippen MR) is 87.2 cm³/mol. The van der Waals surface area contributed by atoms with Crippen LogP contribution in [0, 0.1) is 6.92 Å². The second-order valence-corrected chi connectivity index (χ2v) is 7.68. The van der Waals surface area contributed by atoms with E-state index in [1.54, 1.807) is 0 Å². The maximum absolute atomic E-state index is 5.78. The van der Waals surface area contributed by atoms with Gasteiger partial charge in [-0.15, -0.1) is 11.3 Å². The van der Waals surface area contributed by atoms with Crippen LogP contribution in [0.3, 0.4) is 0 Å². The fourth-order valence-corrected chi connectivity index (χ4v) is 3.59. The number of hydrogen-bond donors (Lipinski definition) is 1. The van der Waals surface area contributed by atoms with Gasteiger partial charge in [0.2, 0.25) is 0 Å². The van der Waals surface area contributed by atoms with Crippen LogP contribution in [0.2, 0.25) is 0 Å². The minimum atomic E-state index is 0.125. The van der Waals surface area contributed by atoms with Crippen molar-refractivity contribution in [2.45, 2.75) is 45.7 Å². The molecule has 0 saturated heterocycles. The molecule has 4 heteroatoms. The number of fused-ring (bicyclic) bond motifs is 1. The molecular weight excluding hydrogens is 280 g/mol. The molecule has 1 aliphatic rings. The van der Waals surface area contributed by atoms with Gasteiger partial charge in [-0.3, -0.25) is 0 Å². The molecule has 1 atom stereocenters. The lowest BCUT2D eigenvalue weighted by Gasteiger charge is -2.19. The van der Waals surface area contributed by atoms with Crippen LogP contribution < -0.4 is 10.1 Å². The van der Waals surface area contributed by atoms with Crippen molar-refractivity contribution in [2.24, 2.45) is 0 Å². The van der Waals surface area contributed by atoms with E-state index in [0.29, 0.717) is 6.61 Å². The van der Waals surface area contributed by atoms with Gasteiger partial charge in [0, 0.05) is 22.5 Å². The molecule has 2 aromatic rings. The first kappa shape index (κ1) is 14.5. The lowest BCUT2D eigenvalue weighted by atomic mass is 10.0. The number of aromatic nitrogens is 1. The summed E-state index contributed by atoms with van der Waals surface area (Å²) in [6.07, 6.45) is 0. The highest BCUT2D eigenvalue weighted by molar-refractivity contribution is 7.11. The molecule has 0 saturated carbocycles. The molecule has 0 amide bonds. The van der Waals surface area contributed by atoms with E-state index in [4.69, 9.17) is 9.72 Å². The van der Waals surface area contributed by atoms with E-state index in [-0.39, 0.29) is 11.5 Å². The molecule has 3 rings (SSSR count). The Kier molecular flexibility index (Phi) is 3.76. The molecule has 0 spiro atoms. The number of nitrogens with one attached hydrogen (secondary N) is 1. The predicted octanol–water partition coefficient (Wildman–Crippen LogP) is 3.86. The molecule has 1 aliphatic heterocycles. The van der Waals surface area contributed by atoms with Crippen LogP contribution >= 0.6 is 11.3 Å². The van der Waals surface area contributed by atoms with Crippen LogP contribution in [0.4, 0.5) is 0 Å². The van der Waals surface area contributed by atoms with Gasteiger partial charge in [-0.2, -0.15) is 0 Å². The summed E-state index contributed by atoms with van der Waals surface area (Å²) >= 11 is 1.81. The zero-order valence-electron chi connectivity index (χ0n) is 13.1. The van der Waals surface area contributed by atoms with Crippen LogP contribution in [0.15, 0.2) is 24.3 Å². The molecule has 2 heterocycles. The summed E-state index contributed by atoms with van der Waals surface area (Å²) in [4.78, 5) is 6.11. The Morgan fingerprint density at radius 2 is 2.10 bits per heavy atom. The summed E-state index contributed by atoms with van der Waals surface area (Å²) in [7, 11) is 0. The Morgan fingerprint density at radius 3 is 2.86 bits per heavy atom. The zero-order valence-corrected chi connectivity index (χ0v) is 13.9. The Hall–Kier alpha value is -1.39. The zero-order chi connectivity index (χ0) is 15.0. The van der Waals surface area contributed by atoms with Crippen LogP contribution in [0.25, 0.3) is 0 Å². The maximum Gasteiger partial charge on any atom is 0.123 e. The fourth-order valence-electron chi connectivity index (χ4n) is 2.48. The van der Waals surface area contributed by atoms with Gasteiger partial charge in [-0.25, -0.2) is 4.98 Å². The molecule has 21 heavy (non-hydrogen) atoms. The highest BCUT2D eigenvalue weighted by Gasteiger charge is 2.28. The van der Waals surface area contributed by atoms with Crippen molar-refractivity contribution in [3.05, 3.63) is 45.4 Å². The highest BCUT2D eigenvalue weighted by atomic mass is 32.1. The first-order chi connectivity index (χ1) is 9.94. The van der Waals surface area contributed by atoms with E-state index in [2.05, 4.69) is 45.1 Å². The summed E-state index contributed by atoms with van der Waals surface area (Å²) in [5.74, 6) is 1.29. The number of thiazole rings is 1. The Balaban J connectivity index is 1.82. The van der Waals surface area contributed by atoms with Gasteiger partial charge >= 0.3 is 0 Å². The molecule has 1 unspecified atom stereocenters. The number of benzene rings is 1. The molecule has 0 radical (unpaired) electrons. The van der Waals surface area contributed by atoms with Gasteiger partial charge in [0.15, 0.2) is 0 Å². The second kappa shape index (κ2) is 5.43. The van der Waals surface area contributed by atoms with Crippen molar-refractivity contribution >= 4 is 11.3 Å². The monoisotopic (exact) mass is 302 g/mol. The van der Waals surface area contributed by atoms with E-state index in [1.807, 2.05) is 23.5 Å². The molecule has 1 aromatic carbocycles. The summed E-state index contributed by atoms with van der Waals surface area (Å²) in [5.41, 5.74) is 2.53. The lowest BCUT2D eigenvalue weighted by Crippen LogP contribution is -2.34. The SMILES string of the molecule is Cc1nc(C2COc3ccccc32)sc1CNC(C)(C)C. The normalized spacial score (nSPS) is 17.6. The Morgan fingerprint density at radius 1 is 1.33 bits per heavy atom. The molecule has 0 bridgehead atoms. The van der Waals surface area contributed by atoms with Gasteiger partial charge in [0.25, 0.3) is 0 Å². The number of ether oxygens (including phenoxy) is 1. The molecule has 1 N–H and O–H groups in total. The van der Waals surface area contributed by atoms with Crippen molar-refractivity contribution in [1.82, 2.24) is 10.3 Å². The Labute approximate surface area is 130 Å². The summed E-state index contributed by atoms with van der Waals surface area (Å²) in [5, 5.41) is 4.71. The lowest BCUT2D eigenvalue weighted by molar-refractivity contribution is 0.343. The third-order valence-corrected chi connectivity index (χ3v) is 4.96. The van der Waals surface area contributed by atoms with Crippen molar-refractivity contribution in [3.63, 3.8) is 0 Å². The van der Waals surface area contributed by atoms with Crippen LogP contribution in [0.5, 0.6) is 5.75 Å². The minimum Gasteiger partial charge on any atom is -0.492 e. The third-order valence-electron chi connectivity index (χ3n) is 3.69. The number of rotatable bonds is 3. The van der Waals surface area contributed by atoms with Gasteiger partial charge in [-0.05, 0) is 33.8 Å². The Bertz CT molecular complexity index is 642. The molecule has 0 fully saturated rings. The second-order valence-electron chi connectivity index (χ2n) is 6.57. The average molecular weight is 302 g/mol. The van der Waals surface area contributed by atoms with E-state index < -0.39 is 0 Å². The van der Waals surface area contributed by atoms with E-state index >= 15 is 0 Å². The third kappa shape index (κ3) is 3.11. The number of hydrogen-bond acceptors (Lipinski definition) is 4. The number of nitrogens with zero attached hydrogens (tertiary/aromatic N) is 1. The quantitative estimate of drug-likeness (QED) is 0.934.